The van der Waals surface area contributed by atoms with E-state index in [0.29, 0.717) is 11.3 Å². The second kappa shape index (κ2) is 5.62. The molecule has 0 unspecified atom stereocenters. The minimum Gasteiger partial charge on any atom is -0.326 e. The third-order valence-electron chi connectivity index (χ3n) is 3.91. The van der Waals surface area contributed by atoms with Crippen LogP contribution in [0.1, 0.15) is 26.5 Å². The lowest BCUT2D eigenvalue weighted by atomic mass is 10.1. The zero-order valence-corrected chi connectivity index (χ0v) is 13.7. The number of pyridine rings is 1. The van der Waals surface area contributed by atoms with E-state index in [1.807, 2.05) is 36.4 Å². The van der Waals surface area contributed by atoms with Crippen molar-refractivity contribution in [2.45, 2.75) is 6.92 Å². The Morgan fingerprint density at radius 1 is 1.04 bits per heavy atom. The number of H-pyrrole nitrogens is 1. The highest BCUT2D eigenvalue weighted by Crippen LogP contribution is 2.31. The third kappa shape index (κ3) is 2.49. The van der Waals surface area contributed by atoms with Crippen molar-refractivity contribution in [3.8, 4) is 10.4 Å². The first-order valence-corrected chi connectivity index (χ1v) is 8.36. The van der Waals surface area contributed by atoms with Crippen LogP contribution in [0, 0.1) is 6.92 Å². The topological polar surface area (TPSA) is 62.0 Å². The van der Waals surface area contributed by atoms with Crippen LogP contribution in [0.4, 0.5) is 0 Å². The fourth-order valence-corrected chi connectivity index (χ4v) is 3.78. The molecular formula is C19H14N2O2S. The SMILES string of the molecule is Cc1cc2c(c(=O)[nH]1)C(=O)N/C2=C\c1ccc(-c2ccccc2)s1. The maximum atomic E-state index is 12.1. The van der Waals surface area contributed by atoms with Crippen molar-refractivity contribution in [1.29, 1.82) is 0 Å². The monoisotopic (exact) mass is 334 g/mol. The van der Waals surface area contributed by atoms with Crippen LogP contribution in [-0.2, 0) is 0 Å². The number of rotatable bonds is 2. The van der Waals surface area contributed by atoms with Crippen LogP contribution < -0.4 is 10.9 Å². The quantitative estimate of drug-likeness (QED) is 0.751. The van der Waals surface area contributed by atoms with Crippen LogP contribution in [0.2, 0.25) is 0 Å². The molecule has 2 N–H and O–H groups in total. The number of carbonyl (C=O) groups excluding carboxylic acids is 1. The largest absolute Gasteiger partial charge is 0.326 e. The summed E-state index contributed by atoms with van der Waals surface area (Å²) in [5.41, 5.74) is 3.07. The zero-order valence-electron chi connectivity index (χ0n) is 12.9. The van der Waals surface area contributed by atoms with Gasteiger partial charge in [0.05, 0.1) is 5.70 Å². The molecule has 0 saturated heterocycles. The van der Waals surface area contributed by atoms with Gasteiger partial charge in [-0.3, -0.25) is 9.59 Å². The van der Waals surface area contributed by atoms with Crippen molar-refractivity contribution in [3.63, 3.8) is 0 Å². The van der Waals surface area contributed by atoms with Gasteiger partial charge in [0, 0.05) is 21.0 Å². The Balaban J connectivity index is 1.76. The molecule has 0 saturated carbocycles. The van der Waals surface area contributed by atoms with Crippen molar-refractivity contribution in [2.75, 3.05) is 0 Å². The summed E-state index contributed by atoms with van der Waals surface area (Å²) in [6.45, 7) is 1.81. The third-order valence-corrected chi connectivity index (χ3v) is 4.99. The van der Waals surface area contributed by atoms with Gasteiger partial charge in [-0.2, -0.15) is 0 Å². The van der Waals surface area contributed by atoms with Gasteiger partial charge in [0.15, 0.2) is 0 Å². The Labute approximate surface area is 142 Å². The Hall–Kier alpha value is -2.92. The Kier molecular flexibility index (Phi) is 3.43. The summed E-state index contributed by atoms with van der Waals surface area (Å²) < 4.78 is 0. The van der Waals surface area contributed by atoms with E-state index < -0.39 is 0 Å². The average Bonchev–Trinajstić information content (AvgIpc) is 3.14. The number of nitrogens with one attached hydrogen (secondary N) is 2. The molecule has 3 heterocycles. The number of hydrogen-bond donors (Lipinski definition) is 2. The summed E-state index contributed by atoms with van der Waals surface area (Å²) >= 11 is 1.64. The van der Waals surface area contributed by atoms with Crippen LogP contribution in [-0.4, -0.2) is 10.9 Å². The molecule has 4 rings (SSSR count). The number of carbonyl (C=O) groups is 1. The first-order chi connectivity index (χ1) is 11.6. The lowest BCUT2D eigenvalue weighted by molar-refractivity contribution is 0.0980. The van der Waals surface area contributed by atoms with Crippen molar-refractivity contribution < 1.29 is 4.79 Å². The number of fused-ring (bicyclic) bond motifs is 1. The molecule has 0 aliphatic carbocycles. The molecule has 118 valence electrons. The van der Waals surface area contributed by atoms with Gasteiger partial charge in [-0.15, -0.1) is 11.3 Å². The molecule has 0 bridgehead atoms. The van der Waals surface area contributed by atoms with Crippen molar-refractivity contribution in [1.82, 2.24) is 10.3 Å². The minimum absolute atomic E-state index is 0.187. The van der Waals surface area contributed by atoms with Gasteiger partial charge in [0.2, 0.25) is 0 Å². The summed E-state index contributed by atoms with van der Waals surface area (Å²) in [5, 5.41) is 2.79. The molecule has 24 heavy (non-hydrogen) atoms. The van der Waals surface area contributed by atoms with Gasteiger partial charge in [-0.1, -0.05) is 30.3 Å². The van der Waals surface area contributed by atoms with Gasteiger partial charge < -0.3 is 10.3 Å². The molecule has 1 aliphatic rings. The average molecular weight is 334 g/mol. The molecular weight excluding hydrogens is 320 g/mol. The minimum atomic E-state index is -0.350. The van der Waals surface area contributed by atoms with Crippen LogP contribution in [0.3, 0.4) is 0 Å². The Morgan fingerprint density at radius 2 is 1.83 bits per heavy atom. The lowest BCUT2D eigenvalue weighted by Crippen LogP contribution is -2.21. The van der Waals surface area contributed by atoms with Crippen LogP contribution >= 0.6 is 11.3 Å². The maximum absolute atomic E-state index is 12.1. The predicted octanol–water partition coefficient (Wildman–Crippen LogP) is 3.65. The standard InChI is InChI=1S/C19H14N2O2S/c1-11-9-14-15(21-19(23)17(14)18(22)20-11)10-13-7-8-16(24-13)12-5-3-2-4-6-12/h2-10H,1H3,(H,20,22)(H,21,23)/b15-10-. The number of hydrogen-bond acceptors (Lipinski definition) is 3. The fourth-order valence-electron chi connectivity index (χ4n) is 2.82. The first kappa shape index (κ1) is 14.7. The molecule has 4 nitrogen and oxygen atoms in total. The number of aryl methyl sites for hydroxylation is 1. The summed E-state index contributed by atoms with van der Waals surface area (Å²) in [4.78, 5) is 28.9. The zero-order chi connectivity index (χ0) is 16.7. The van der Waals surface area contributed by atoms with Crippen LogP contribution in [0.25, 0.3) is 22.2 Å². The van der Waals surface area contributed by atoms with Crippen molar-refractivity contribution >= 4 is 29.0 Å². The molecule has 0 spiro atoms. The molecule has 1 aliphatic heterocycles. The van der Waals surface area contributed by atoms with Gasteiger partial charge >= 0.3 is 0 Å². The van der Waals surface area contributed by atoms with E-state index in [1.54, 1.807) is 18.3 Å². The van der Waals surface area contributed by atoms with Crippen molar-refractivity contribution in [3.05, 3.63) is 80.6 Å². The van der Waals surface area contributed by atoms with E-state index in [0.717, 1.165) is 21.0 Å². The number of amides is 1. The van der Waals surface area contributed by atoms with Gasteiger partial charge in [-0.05, 0) is 36.8 Å². The van der Waals surface area contributed by atoms with E-state index in [9.17, 15) is 9.59 Å². The van der Waals surface area contributed by atoms with Gasteiger partial charge in [-0.25, -0.2) is 0 Å². The number of benzene rings is 1. The highest BCUT2D eigenvalue weighted by molar-refractivity contribution is 7.16. The predicted molar refractivity (Wildman–Crippen MR) is 96.9 cm³/mol. The highest BCUT2D eigenvalue weighted by Gasteiger charge is 2.27. The lowest BCUT2D eigenvalue weighted by Gasteiger charge is -2.00. The number of aromatic nitrogens is 1. The van der Waals surface area contributed by atoms with E-state index in [-0.39, 0.29) is 17.0 Å². The summed E-state index contributed by atoms with van der Waals surface area (Å²) in [6, 6.07) is 16.1. The van der Waals surface area contributed by atoms with E-state index in [2.05, 4.69) is 28.5 Å². The molecule has 0 radical (unpaired) electrons. The normalized spacial score (nSPS) is 14.7. The summed E-state index contributed by atoms with van der Waals surface area (Å²) in [5.74, 6) is -0.350. The number of thiophene rings is 1. The molecule has 3 aromatic rings. The smallest absolute Gasteiger partial charge is 0.261 e. The summed E-state index contributed by atoms with van der Waals surface area (Å²) in [7, 11) is 0. The van der Waals surface area contributed by atoms with Crippen LogP contribution in [0.15, 0.2) is 53.3 Å². The Bertz CT molecular complexity index is 1030. The molecule has 0 fully saturated rings. The summed E-state index contributed by atoms with van der Waals surface area (Å²) in [6.07, 6.45) is 1.92. The second-order valence-corrected chi connectivity index (χ2v) is 6.77. The van der Waals surface area contributed by atoms with E-state index in [4.69, 9.17) is 0 Å². The Morgan fingerprint density at radius 3 is 2.62 bits per heavy atom. The van der Waals surface area contributed by atoms with E-state index >= 15 is 0 Å². The van der Waals surface area contributed by atoms with Crippen molar-refractivity contribution in [2.24, 2.45) is 0 Å². The van der Waals surface area contributed by atoms with Crippen LogP contribution in [0.5, 0.6) is 0 Å². The van der Waals surface area contributed by atoms with E-state index in [1.165, 1.54) is 0 Å². The molecule has 5 heteroatoms. The molecule has 0 atom stereocenters. The molecule has 1 amide bonds. The molecule has 1 aromatic carbocycles. The van der Waals surface area contributed by atoms with Gasteiger partial charge in [0.1, 0.15) is 5.56 Å². The molecule has 2 aromatic heterocycles. The highest BCUT2D eigenvalue weighted by atomic mass is 32.1. The number of aromatic amines is 1. The maximum Gasteiger partial charge on any atom is 0.261 e. The second-order valence-electron chi connectivity index (χ2n) is 5.65. The fraction of sp³-hybridized carbons (Fsp3) is 0.0526. The first-order valence-electron chi connectivity index (χ1n) is 7.54. The van der Waals surface area contributed by atoms with Gasteiger partial charge in [0.25, 0.3) is 11.5 Å².